The van der Waals surface area contributed by atoms with Crippen molar-refractivity contribution in [2.24, 2.45) is 0 Å². The summed E-state index contributed by atoms with van der Waals surface area (Å²) in [4.78, 5) is 12.0. The molecule has 1 aliphatic heterocycles. The van der Waals surface area contributed by atoms with Crippen molar-refractivity contribution in [3.05, 3.63) is 24.3 Å². The SMILES string of the molecule is COc1ccccc1OC(C)C(=O)NCC1CCCO1. The van der Waals surface area contributed by atoms with Crippen LogP contribution in [-0.4, -0.2) is 38.4 Å². The molecule has 1 heterocycles. The van der Waals surface area contributed by atoms with Gasteiger partial charge in [-0.25, -0.2) is 0 Å². The third kappa shape index (κ3) is 3.87. The first-order valence-electron chi connectivity index (χ1n) is 6.89. The van der Waals surface area contributed by atoms with Crippen LogP contribution in [0.25, 0.3) is 0 Å². The van der Waals surface area contributed by atoms with Gasteiger partial charge in [0, 0.05) is 13.2 Å². The number of methoxy groups -OCH3 is 1. The fourth-order valence-electron chi connectivity index (χ4n) is 2.12. The maximum absolute atomic E-state index is 12.0. The van der Waals surface area contributed by atoms with Gasteiger partial charge in [0.1, 0.15) is 0 Å². The van der Waals surface area contributed by atoms with Gasteiger partial charge in [-0.3, -0.25) is 4.79 Å². The Bertz CT molecular complexity index is 443. The Labute approximate surface area is 119 Å². The fraction of sp³-hybridized carbons (Fsp3) is 0.533. The molecule has 2 atom stereocenters. The van der Waals surface area contributed by atoms with Crippen LogP contribution < -0.4 is 14.8 Å². The maximum atomic E-state index is 12.0. The van der Waals surface area contributed by atoms with Crippen LogP contribution in [0.4, 0.5) is 0 Å². The molecule has 1 aliphatic rings. The molecule has 110 valence electrons. The Morgan fingerprint density at radius 2 is 2.20 bits per heavy atom. The zero-order chi connectivity index (χ0) is 14.4. The van der Waals surface area contributed by atoms with E-state index in [1.54, 1.807) is 26.2 Å². The minimum absolute atomic E-state index is 0.136. The summed E-state index contributed by atoms with van der Waals surface area (Å²) in [6.45, 7) is 3.05. The number of rotatable bonds is 6. The molecular weight excluding hydrogens is 258 g/mol. The van der Waals surface area contributed by atoms with Crippen molar-refractivity contribution in [1.29, 1.82) is 0 Å². The van der Waals surface area contributed by atoms with Crippen LogP contribution in [0.2, 0.25) is 0 Å². The normalized spacial score (nSPS) is 19.4. The van der Waals surface area contributed by atoms with E-state index in [1.165, 1.54) is 0 Å². The number of benzene rings is 1. The lowest BCUT2D eigenvalue weighted by atomic mass is 10.2. The Hall–Kier alpha value is -1.75. The largest absolute Gasteiger partial charge is 0.493 e. The molecule has 1 aromatic carbocycles. The molecule has 1 aromatic rings. The fourth-order valence-corrected chi connectivity index (χ4v) is 2.12. The Balaban J connectivity index is 1.83. The number of ether oxygens (including phenoxy) is 3. The van der Waals surface area contributed by atoms with Gasteiger partial charge in [0.25, 0.3) is 5.91 Å². The van der Waals surface area contributed by atoms with Crippen LogP contribution in [0.1, 0.15) is 19.8 Å². The smallest absolute Gasteiger partial charge is 0.260 e. The average molecular weight is 279 g/mol. The molecule has 20 heavy (non-hydrogen) atoms. The second-order valence-electron chi connectivity index (χ2n) is 4.79. The summed E-state index contributed by atoms with van der Waals surface area (Å²) < 4.78 is 16.3. The minimum Gasteiger partial charge on any atom is -0.493 e. The lowest BCUT2D eigenvalue weighted by Gasteiger charge is -2.17. The lowest BCUT2D eigenvalue weighted by molar-refractivity contribution is -0.127. The van der Waals surface area contributed by atoms with Gasteiger partial charge < -0.3 is 19.5 Å². The highest BCUT2D eigenvalue weighted by Crippen LogP contribution is 2.26. The van der Waals surface area contributed by atoms with Crippen LogP contribution in [0.3, 0.4) is 0 Å². The van der Waals surface area contributed by atoms with E-state index in [0.29, 0.717) is 18.0 Å². The van der Waals surface area contributed by atoms with Crippen LogP contribution in [0.15, 0.2) is 24.3 Å². The number of hydrogen-bond acceptors (Lipinski definition) is 4. The van der Waals surface area contributed by atoms with Crippen molar-refractivity contribution in [1.82, 2.24) is 5.32 Å². The minimum atomic E-state index is -0.576. The van der Waals surface area contributed by atoms with Crippen LogP contribution in [0.5, 0.6) is 11.5 Å². The summed E-state index contributed by atoms with van der Waals surface area (Å²) in [5, 5.41) is 2.85. The van der Waals surface area contributed by atoms with E-state index >= 15 is 0 Å². The Morgan fingerprint density at radius 1 is 1.45 bits per heavy atom. The molecule has 2 unspecified atom stereocenters. The van der Waals surface area contributed by atoms with Crippen LogP contribution in [0, 0.1) is 0 Å². The van der Waals surface area contributed by atoms with Crippen molar-refractivity contribution < 1.29 is 19.0 Å². The number of para-hydroxylation sites is 2. The molecule has 1 saturated heterocycles. The van der Waals surface area contributed by atoms with E-state index in [0.717, 1.165) is 19.4 Å². The first kappa shape index (κ1) is 14.7. The number of hydrogen-bond donors (Lipinski definition) is 1. The highest BCUT2D eigenvalue weighted by atomic mass is 16.5. The van der Waals surface area contributed by atoms with Crippen LogP contribution in [-0.2, 0) is 9.53 Å². The van der Waals surface area contributed by atoms with Gasteiger partial charge in [-0.2, -0.15) is 0 Å². The quantitative estimate of drug-likeness (QED) is 0.862. The molecule has 0 bridgehead atoms. The van der Waals surface area contributed by atoms with E-state index in [9.17, 15) is 4.79 Å². The van der Waals surface area contributed by atoms with Gasteiger partial charge in [0.15, 0.2) is 17.6 Å². The predicted octanol–water partition coefficient (Wildman–Crippen LogP) is 1.76. The molecule has 5 nitrogen and oxygen atoms in total. The maximum Gasteiger partial charge on any atom is 0.260 e. The molecule has 2 rings (SSSR count). The van der Waals surface area contributed by atoms with Crippen LogP contribution >= 0.6 is 0 Å². The van der Waals surface area contributed by atoms with Crippen molar-refractivity contribution in [2.45, 2.75) is 32.0 Å². The van der Waals surface area contributed by atoms with Crippen molar-refractivity contribution in [3.63, 3.8) is 0 Å². The second-order valence-corrected chi connectivity index (χ2v) is 4.79. The lowest BCUT2D eigenvalue weighted by Crippen LogP contribution is -2.40. The van der Waals surface area contributed by atoms with E-state index in [1.807, 2.05) is 12.1 Å². The van der Waals surface area contributed by atoms with Gasteiger partial charge in [0.2, 0.25) is 0 Å². The van der Waals surface area contributed by atoms with E-state index in [2.05, 4.69) is 5.32 Å². The first-order valence-corrected chi connectivity index (χ1v) is 6.89. The van der Waals surface area contributed by atoms with Gasteiger partial charge in [-0.05, 0) is 31.9 Å². The molecule has 0 saturated carbocycles. The van der Waals surface area contributed by atoms with Gasteiger partial charge in [0.05, 0.1) is 13.2 Å². The summed E-state index contributed by atoms with van der Waals surface area (Å²) in [5.41, 5.74) is 0. The molecule has 0 radical (unpaired) electrons. The Kier molecular flexibility index (Phi) is 5.24. The zero-order valence-electron chi connectivity index (χ0n) is 11.9. The highest BCUT2D eigenvalue weighted by Gasteiger charge is 2.20. The monoisotopic (exact) mass is 279 g/mol. The third-order valence-corrected chi connectivity index (χ3v) is 3.27. The van der Waals surface area contributed by atoms with Gasteiger partial charge >= 0.3 is 0 Å². The number of carbonyl (C=O) groups is 1. The summed E-state index contributed by atoms with van der Waals surface area (Å²) >= 11 is 0. The number of nitrogens with one attached hydrogen (secondary N) is 1. The standard InChI is InChI=1S/C15H21NO4/c1-11(15(17)16-10-12-6-5-9-19-12)20-14-8-4-3-7-13(14)18-2/h3-4,7-8,11-12H,5-6,9-10H2,1-2H3,(H,16,17). The topological polar surface area (TPSA) is 56.8 Å². The molecule has 1 amide bonds. The van der Waals surface area contributed by atoms with E-state index in [4.69, 9.17) is 14.2 Å². The number of carbonyl (C=O) groups excluding carboxylic acids is 1. The molecule has 5 heteroatoms. The second kappa shape index (κ2) is 7.14. The van der Waals surface area contributed by atoms with Crippen molar-refractivity contribution >= 4 is 5.91 Å². The predicted molar refractivity (Wildman–Crippen MR) is 75.1 cm³/mol. The van der Waals surface area contributed by atoms with Crippen molar-refractivity contribution in [3.8, 4) is 11.5 Å². The Morgan fingerprint density at radius 3 is 2.85 bits per heavy atom. The molecule has 0 aromatic heterocycles. The molecular formula is C15H21NO4. The number of amides is 1. The van der Waals surface area contributed by atoms with E-state index < -0.39 is 6.10 Å². The summed E-state index contributed by atoms with van der Waals surface area (Å²) in [6, 6.07) is 7.28. The van der Waals surface area contributed by atoms with Gasteiger partial charge in [-0.1, -0.05) is 12.1 Å². The molecule has 0 spiro atoms. The van der Waals surface area contributed by atoms with Gasteiger partial charge in [-0.15, -0.1) is 0 Å². The zero-order valence-corrected chi connectivity index (χ0v) is 11.9. The molecule has 1 fully saturated rings. The summed E-state index contributed by atoms with van der Waals surface area (Å²) in [5.74, 6) is 1.03. The third-order valence-electron chi connectivity index (χ3n) is 3.27. The average Bonchev–Trinajstić information content (AvgIpc) is 2.98. The summed E-state index contributed by atoms with van der Waals surface area (Å²) in [7, 11) is 1.57. The molecule has 1 N–H and O–H groups in total. The van der Waals surface area contributed by atoms with E-state index in [-0.39, 0.29) is 12.0 Å². The van der Waals surface area contributed by atoms with Crippen molar-refractivity contribution in [2.75, 3.05) is 20.3 Å². The summed E-state index contributed by atoms with van der Waals surface area (Å²) in [6.07, 6.45) is 1.63. The highest BCUT2D eigenvalue weighted by molar-refractivity contribution is 5.80. The molecule has 0 aliphatic carbocycles. The first-order chi connectivity index (χ1) is 9.70.